The van der Waals surface area contributed by atoms with Crippen molar-refractivity contribution in [1.82, 2.24) is 9.88 Å². The molecule has 0 radical (unpaired) electrons. The number of pyridine rings is 1. The van der Waals surface area contributed by atoms with Crippen LogP contribution in [0.3, 0.4) is 0 Å². The van der Waals surface area contributed by atoms with Gasteiger partial charge in [-0.15, -0.1) is 0 Å². The number of nitrogens with zero attached hydrogens (tertiary/aromatic N) is 2. The third-order valence-electron chi connectivity index (χ3n) is 3.36. The van der Waals surface area contributed by atoms with Gasteiger partial charge in [0.25, 0.3) is 11.2 Å². The Balaban J connectivity index is 2.24. The number of hydrogen-bond donors (Lipinski definition) is 1. The number of nitrogens with one attached hydrogen (secondary N) is 1. The van der Waals surface area contributed by atoms with E-state index in [0.717, 1.165) is 25.9 Å². The van der Waals surface area contributed by atoms with Crippen molar-refractivity contribution in [1.29, 1.82) is 0 Å². The molecule has 0 bridgehead atoms. The molecule has 0 aliphatic carbocycles. The van der Waals surface area contributed by atoms with Crippen LogP contribution in [0.4, 0.5) is 5.69 Å². The molecule has 6 heteroatoms. The van der Waals surface area contributed by atoms with Crippen LogP contribution in [0.2, 0.25) is 0 Å². The van der Waals surface area contributed by atoms with Gasteiger partial charge in [0.15, 0.2) is 0 Å². The molecule has 1 aromatic rings. The first kappa shape index (κ1) is 12.8. The van der Waals surface area contributed by atoms with E-state index in [1.165, 1.54) is 16.8 Å². The van der Waals surface area contributed by atoms with Crippen molar-refractivity contribution in [2.45, 2.75) is 26.3 Å². The largest absolute Gasteiger partial charge is 0.316 e. The summed E-state index contributed by atoms with van der Waals surface area (Å²) >= 11 is 0. The van der Waals surface area contributed by atoms with Crippen LogP contribution in [0.25, 0.3) is 0 Å². The van der Waals surface area contributed by atoms with E-state index in [0.29, 0.717) is 18.0 Å². The Bertz CT molecular complexity index is 504. The highest BCUT2D eigenvalue weighted by molar-refractivity contribution is 5.35. The van der Waals surface area contributed by atoms with Crippen LogP contribution >= 0.6 is 0 Å². The lowest BCUT2D eigenvalue weighted by Crippen LogP contribution is -2.34. The molecule has 1 atom stereocenters. The van der Waals surface area contributed by atoms with Gasteiger partial charge in [-0.05, 0) is 38.8 Å². The second-order valence-electron chi connectivity index (χ2n) is 4.80. The van der Waals surface area contributed by atoms with Crippen LogP contribution in [-0.4, -0.2) is 22.6 Å². The molecule has 1 aromatic heterocycles. The van der Waals surface area contributed by atoms with Gasteiger partial charge < -0.3 is 9.88 Å². The molecule has 18 heavy (non-hydrogen) atoms. The summed E-state index contributed by atoms with van der Waals surface area (Å²) in [4.78, 5) is 22.2. The van der Waals surface area contributed by atoms with E-state index in [1.807, 2.05) is 0 Å². The Kier molecular flexibility index (Phi) is 3.76. The van der Waals surface area contributed by atoms with Gasteiger partial charge in [-0.2, -0.15) is 0 Å². The summed E-state index contributed by atoms with van der Waals surface area (Å²) in [5.74, 6) is 0.374. The molecule has 0 spiro atoms. The van der Waals surface area contributed by atoms with E-state index in [-0.39, 0.29) is 11.2 Å². The van der Waals surface area contributed by atoms with Crippen molar-refractivity contribution in [2.24, 2.45) is 5.92 Å². The first-order valence-corrected chi connectivity index (χ1v) is 6.14. The lowest BCUT2D eigenvalue weighted by atomic mass is 9.99. The fourth-order valence-corrected chi connectivity index (χ4v) is 2.35. The molecule has 98 valence electrons. The molecular formula is C12H17N3O3. The summed E-state index contributed by atoms with van der Waals surface area (Å²) in [7, 11) is 0. The predicted molar refractivity (Wildman–Crippen MR) is 67.7 cm³/mol. The van der Waals surface area contributed by atoms with Gasteiger partial charge in [0, 0.05) is 18.2 Å². The third kappa shape index (κ3) is 2.76. The normalized spacial score (nSPS) is 19.7. The fraction of sp³-hybridized carbons (Fsp3) is 0.583. The fourth-order valence-electron chi connectivity index (χ4n) is 2.35. The van der Waals surface area contributed by atoms with Gasteiger partial charge in [0.05, 0.1) is 11.1 Å². The van der Waals surface area contributed by atoms with Gasteiger partial charge in [-0.25, -0.2) is 0 Å². The number of aryl methyl sites for hydroxylation is 1. The summed E-state index contributed by atoms with van der Waals surface area (Å²) < 4.78 is 1.46. The highest BCUT2D eigenvalue weighted by Gasteiger charge is 2.17. The topological polar surface area (TPSA) is 77.2 Å². The first-order valence-electron chi connectivity index (χ1n) is 6.14. The van der Waals surface area contributed by atoms with E-state index in [1.54, 1.807) is 6.92 Å². The van der Waals surface area contributed by atoms with E-state index in [9.17, 15) is 14.9 Å². The van der Waals surface area contributed by atoms with E-state index < -0.39 is 4.92 Å². The maximum Gasteiger partial charge on any atom is 0.288 e. The first-order chi connectivity index (χ1) is 8.58. The summed E-state index contributed by atoms with van der Waals surface area (Å²) in [6.45, 7) is 4.02. The molecule has 1 aliphatic rings. The second-order valence-corrected chi connectivity index (χ2v) is 4.80. The second kappa shape index (κ2) is 5.30. The summed E-state index contributed by atoms with van der Waals surface area (Å²) in [5.41, 5.74) is 0.269. The quantitative estimate of drug-likeness (QED) is 0.643. The van der Waals surface area contributed by atoms with Gasteiger partial charge in [0.1, 0.15) is 0 Å². The van der Waals surface area contributed by atoms with Crippen LogP contribution in [0.5, 0.6) is 0 Å². The van der Waals surface area contributed by atoms with Crippen molar-refractivity contribution in [2.75, 3.05) is 13.1 Å². The molecule has 1 unspecified atom stereocenters. The monoisotopic (exact) mass is 251 g/mol. The smallest absolute Gasteiger partial charge is 0.288 e. The van der Waals surface area contributed by atoms with E-state index >= 15 is 0 Å². The number of hydrogen-bond acceptors (Lipinski definition) is 4. The van der Waals surface area contributed by atoms with E-state index in [2.05, 4.69) is 5.32 Å². The highest BCUT2D eigenvalue weighted by atomic mass is 16.6. The van der Waals surface area contributed by atoms with Crippen molar-refractivity contribution >= 4 is 5.69 Å². The lowest BCUT2D eigenvalue weighted by molar-refractivity contribution is -0.386. The average molecular weight is 251 g/mol. The van der Waals surface area contributed by atoms with Crippen LogP contribution in [-0.2, 0) is 6.54 Å². The average Bonchev–Trinajstić information content (AvgIpc) is 2.33. The molecule has 0 saturated carbocycles. The summed E-state index contributed by atoms with van der Waals surface area (Å²) in [6.07, 6.45) is 3.51. The molecular weight excluding hydrogens is 234 g/mol. The number of piperidine rings is 1. The van der Waals surface area contributed by atoms with Crippen LogP contribution < -0.4 is 10.9 Å². The van der Waals surface area contributed by atoms with Crippen molar-refractivity contribution in [3.05, 3.63) is 38.3 Å². The van der Waals surface area contributed by atoms with Gasteiger partial charge in [-0.1, -0.05) is 0 Å². The van der Waals surface area contributed by atoms with Crippen LogP contribution in [0, 0.1) is 23.0 Å². The standard InChI is InChI=1S/C12H17N3O3/c1-9-5-12(16)14(8-11(9)15(17)18)7-10-3-2-4-13-6-10/h5,8,10,13H,2-4,6-7H2,1H3. The molecule has 1 saturated heterocycles. The molecule has 1 N–H and O–H groups in total. The molecule has 2 rings (SSSR count). The van der Waals surface area contributed by atoms with Crippen LogP contribution in [0.1, 0.15) is 18.4 Å². The van der Waals surface area contributed by atoms with Gasteiger partial charge in [-0.3, -0.25) is 14.9 Å². The summed E-state index contributed by atoms with van der Waals surface area (Å²) in [5, 5.41) is 14.1. The van der Waals surface area contributed by atoms with Crippen molar-refractivity contribution in [3.63, 3.8) is 0 Å². The zero-order valence-corrected chi connectivity index (χ0v) is 10.4. The van der Waals surface area contributed by atoms with Gasteiger partial charge >= 0.3 is 0 Å². The molecule has 2 heterocycles. The zero-order chi connectivity index (χ0) is 13.1. The number of aromatic nitrogens is 1. The van der Waals surface area contributed by atoms with Gasteiger partial charge in [0.2, 0.25) is 0 Å². The molecule has 6 nitrogen and oxygen atoms in total. The minimum Gasteiger partial charge on any atom is -0.316 e. The Morgan fingerprint density at radius 1 is 1.61 bits per heavy atom. The van der Waals surface area contributed by atoms with Crippen LogP contribution in [0.15, 0.2) is 17.1 Å². The molecule has 0 aromatic carbocycles. The Morgan fingerprint density at radius 3 is 3.00 bits per heavy atom. The van der Waals surface area contributed by atoms with Crippen molar-refractivity contribution in [3.8, 4) is 0 Å². The highest BCUT2D eigenvalue weighted by Crippen LogP contribution is 2.16. The van der Waals surface area contributed by atoms with Crippen molar-refractivity contribution < 1.29 is 4.92 Å². The lowest BCUT2D eigenvalue weighted by Gasteiger charge is -2.23. The maximum absolute atomic E-state index is 11.8. The molecule has 1 fully saturated rings. The third-order valence-corrected chi connectivity index (χ3v) is 3.36. The van der Waals surface area contributed by atoms with E-state index in [4.69, 9.17) is 0 Å². The zero-order valence-electron chi connectivity index (χ0n) is 10.4. The minimum absolute atomic E-state index is 0.0124. The SMILES string of the molecule is Cc1cc(=O)n(CC2CCCNC2)cc1[N+](=O)[O-]. The Hall–Kier alpha value is -1.69. The number of nitro groups is 1. The molecule has 0 amide bonds. The number of rotatable bonds is 3. The summed E-state index contributed by atoms with van der Waals surface area (Å²) in [6, 6.07) is 1.34. The Labute approximate surface area is 105 Å². The minimum atomic E-state index is -0.440. The molecule has 1 aliphatic heterocycles. The maximum atomic E-state index is 11.8. The predicted octanol–water partition coefficient (Wildman–Crippen LogP) is 1.06. The Morgan fingerprint density at radius 2 is 2.39 bits per heavy atom.